The Morgan fingerprint density at radius 1 is 1.52 bits per heavy atom. The molecule has 1 amide bonds. The highest BCUT2D eigenvalue weighted by Gasteiger charge is 2.21. The van der Waals surface area contributed by atoms with E-state index < -0.39 is 11.6 Å². The van der Waals surface area contributed by atoms with Crippen LogP contribution in [0.5, 0.6) is 0 Å². The molecule has 2 N–H and O–H groups in total. The van der Waals surface area contributed by atoms with E-state index in [1.807, 2.05) is 11.8 Å². The van der Waals surface area contributed by atoms with Crippen LogP contribution < -0.4 is 10.6 Å². The molecule has 1 aromatic rings. The fourth-order valence-corrected chi connectivity index (χ4v) is 2.65. The molecule has 2 rings (SSSR count). The number of benzene rings is 1. The van der Waals surface area contributed by atoms with Gasteiger partial charge in [0.15, 0.2) is 5.82 Å². The second-order valence-electron chi connectivity index (χ2n) is 4.82. The molecule has 1 fully saturated rings. The van der Waals surface area contributed by atoms with Crippen molar-refractivity contribution < 1.29 is 13.6 Å². The number of nitrogens with zero attached hydrogens (tertiary/aromatic N) is 1. The normalized spacial score (nSPS) is 19.0. The van der Waals surface area contributed by atoms with Crippen molar-refractivity contribution >= 4 is 39.9 Å². The van der Waals surface area contributed by atoms with Crippen LogP contribution in [0.25, 0.3) is 0 Å². The zero-order chi connectivity index (χ0) is 14.7. The van der Waals surface area contributed by atoms with Gasteiger partial charge in [0, 0.05) is 36.2 Å². The highest BCUT2D eigenvalue weighted by Crippen LogP contribution is 2.26. The molecule has 1 aromatic carbocycles. The van der Waals surface area contributed by atoms with Gasteiger partial charge in [0.2, 0.25) is 5.91 Å². The Bertz CT molecular complexity index is 495. The summed E-state index contributed by atoms with van der Waals surface area (Å²) in [5, 5.41) is 5.71. The zero-order valence-corrected chi connectivity index (χ0v) is 13.9. The van der Waals surface area contributed by atoms with Gasteiger partial charge in [-0.3, -0.25) is 9.69 Å². The van der Waals surface area contributed by atoms with Gasteiger partial charge in [-0.2, -0.15) is 0 Å². The minimum atomic E-state index is -0.793. The third kappa shape index (κ3) is 4.88. The van der Waals surface area contributed by atoms with Gasteiger partial charge < -0.3 is 10.6 Å². The minimum Gasteiger partial charge on any atom is -0.322 e. The van der Waals surface area contributed by atoms with E-state index in [0.29, 0.717) is 0 Å². The van der Waals surface area contributed by atoms with Crippen LogP contribution in [0.4, 0.5) is 14.5 Å². The summed E-state index contributed by atoms with van der Waals surface area (Å²) in [4.78, 5) is 14.0. The van der Waals surface area contributed by atoms with Crippen LogP contribution >= 0.6 is 28.3 Å². The maximum atomic E-state index is 13.6. The van der Waals surface area contributed by atoms with Crippen LogP contribution in [0.3, 0.4) is 0 Å². The number of rotatable bonds is 3. The van der Waals surface area contributed by atoms with Gasteiger partial charge in [-0.05, 0) is 28.9 Å². The molecular formula is C13H17BrClF2N3O. The zero-order valence-electron chi connectivity index (χ0n) is 11.5. The summed E-state index contributed by atoms with van der Waals surface area (Å²) >= 11 is 3.05. The third-order valence-corrected chi connectivity index (χ3v) is 3.88. The number of nitrogens with one attached hydrogen (secondary N) is 2. The molecule has 4 nitrogen and oxygen atoms in total. The second-order valence-corrected chi connectivity index (χ2v) is 5.67. The molecule has 1 saturated heterocycles. The molecule has 1 atom stereocenters. The molecule has 1 heterocycles. The van der Waals surface area contributed by atoms with Gasteiger partial charge in [0.1, 0.15) is 5.82 Å². The lowest BCUT2D eigenvalue weighted by Gasteiger charge is -2.33. The van der Waals surface area contributed by atoms with E-state index in [1.165, 1.54) is 0 Å². The van der Waals surface area contributed by atoms with E-state index in [-0.39, 0.29) is 41.1 Å². The number of carbonyl (C=O) groups is 1. The lowest BCUT2D eigenvalue weighted by atomic mass is 10.2. The fraction of sp³-hybridized carbons (Fsp3) is 0.462. The number of carbonyl (C=O) groups excluding carboxylic acids is 1. The molecule has 21 heavy (non-hydrogen) atoms. The van der Waals surface area contributed by atoms with E-state index in [2.05, 4.69) is 26.6 Å². The summed E-state index contributed by atoms with van der Waals surface area (Å²) in [6.45, 7) is 4.62. The Morgan fingerprint density at radius 3 is 2.86 bits per heavy atom. The maximum Gasteiger partial charge on any atom is 0.238 e. The van der Waals surface area contributed by atoms with Crippen molar-refractivity contribution in [1.29, 1.82) is 0 Å². The molecule has 118 valence electrons. The van der Waals surface area contributed by atoms with Crippen molar-refractivity contribution in [3.63, 3.8) is 0 Å². The minimum absolute atomic E-state index is 0. The summed E-state index contributed by atoms with van der Waals surface area (Å²) in [6, 6.07) is 2.11. The number of piperazine rings is 1. The number of amides is 1. The van der Waals surface area contributed by atoms with Crippen molar-refractivity contribution in [2.45, 2.75) is 13.0 Å². The standard InChI is InChI=1S/C13H16BrF2N3O.ClH/c1-8-6-17-2-3-19(8)7-12(20)18-13-10(14)4-9(15)5-11(13)16;/h4-5,8,17H,2-3,6-7H2,1H3,(H,18,20);1H/t8-;/m1./s1. The average molecular weight is 385 g/mol. The lowest BCUT2D eigenvalue weighted by Crippen LogP contribution is -2.52. The van der Waals surface area contributed by atoms with Crippen LogP contribution in [0.15, 0.2) is 16.6 Å². The van der Waals surface area contributed by atoms with Gasteiger partial charge in [-0.15, -0.1) is 12.4 Å². The first-order valence-electron chi connectivity index (χ1n) is 6.36. The summed E-state index contributed by atoms with van der Waals surface area (Å²) in [5.74, 6) is -1.80. The SMILES string of the molecule is C[C@@H]1CNCCN1CC(=O)Nc1c(F)cc(F)cc1Br.Cl. The molecule has 0 saturated carbocycles. The van der Waals surface area contributed by atoms with E-state index >= 15 is 0 Å². The Balaban J connectivity index is 0.00000220. The lowest BCUT2D eigenvalue weighted by molar-refractivity contribution is -0.118. The molecule has 0 unspecified atom stereocenters. The quantitative estimate of drug-likeness (QED) is 0.841. The number of halogens is 4. The number of hydrogen-bond acceptors (Lipinski definition) is 3. The molecule has 0 bridgehead atoms. The smallest absolute Gasteiger partial charge is 0.238 e. The van der Waals surface area contributed by atoms with Crippen molar-refractivity contribution in [3.8, 4) is 0 Å². The van der Waals surface area contributed by atoms with Crippen LogP contribution in [-0.4, -0.2) is 43.0 Å². The highest BCUT2D eigenvalue weighted by molar-refractivity contribution is 9.10. The first-order valence-corrected chi connectivity index (χ1v) is 7.16. The molecular weight excluding hydrogens is 368 g/mol. The predicted octanol–water partition coefficient (Wildman–Crippen LogP) is 2.38. The fourth-order valence-electron chi connectivity index (χ4n) is 2.14. The second kappa shape index (κ2) is 8.03. The molecule has 0 radical (unpaired) electrons. The van der Waals surface area contributed by atoms with E-state index in [0.717, 1.165) is 31.8 Å². The highest BCUT2D eigenvalue weighted by atomic mass is 79.9. The number of anilines is 1. The topological polar surface area (TPSA) is 44.4 Å². The van der Waals surface area contributed by atoms with E-state index in [1.54, 1.807) is 0 Å². The Hall–Kier alpha value is -0.760. The largest absolute Gasteiger partial charge is 0.322 e. The van der Waals surface area contributed by atoms with Crippen LogP contribution in [0.1, 0.15) is 6.92 Å². The van der Waals surface area contributed by atoms with Crippen LogP contribution in [0.2, 0.25) is 0 Å². The van der Waals surface area contributed by atoms with Gasteiger partial charge in [-0.25, -0.2) is 8.78 Å². The van der Waals surface area contributed by atoms with Crippen molar-refractivity contribution in [3.05, 3.63) is 28.2 Å². The van der Waals surface area contributed by atoms with Crippen molar-refractivity contribution in [2.75, 3.05) is 31.5 Å². The van der Waals surface area contributed by atoms with Crippen LogP contribution in [-0.2, 0) is 4.79 Å². The van der Waals surface area contributed by atoms with Crippen molar-refractivity contribution in [1.82, 2.24) is 10.2 Å². The Kier molecular flexibility index (Phi) is 6.99. The first-order chi connectivity index (χ1) is 9.47. The van der Waals surface area contributed by atoms with Crippen LogP contribution in [0, 0.1) is 11.6 Å². The summed E-state index contributed by atoms with van der Waals surface area (Å²) in [6.07, 6.45) is 0. The first kappa shape index (κ1) is 18.3. The Morgan fingerprint density at radius 2 is 2.24 bits per heavy atom. The number of hydrogen-bond donors (Lipinski definition) is 2. The molecule has 0 aromatic heterocycles. The van der Waals surface area contributed by atoms with E-state index in [9.17, 15) is 13.6 Å². The van der Waals surface area contributed by atoms with Gasteiger partial charge in [0.25, 0.3) is 0 Å². The summed E-state index contributed by atoms with van der Waals surface area (Å²) in [5.41, 5.74) is -0.0285. The third-order valence-electron chi connectivity index (χ3n) is 3.26. The predicted molar refractivity (Wildman–Crippen MR) is 83.8 cm³/mol. The van der Waals surface area contributed by atoms with Gasteiger partial charge in [0.05, 0.1) is 12.2 Å². The van der Waals surface area contributed by atoms with E-state index in [4.69, 9.17) is 0 Å². The molecule has 1 aliphatic rings. The Labute approximate surface area is 136 Å². The maximum absolute atomic E-state index is 13.6. The summed E-state index contributed by atoms with van der Waals surface area (Å²) < 4.78 is 26.8. The molecule has 8 heteroatoms. The van der Waals surface area contributed by atoms with Crippen molar-refractivity contribution in [2.24, 2.45) is 0 Å². The average Bonchev–Trinajstić information content (AvgIpc) is 2.36. The molecule has 0 aliphatic carbocycles. The van der Waals surface area contributed by atoms with Gasteiger partial charge in [-0.1, -0.05) is 0 Å². The van der Waals surface area contributed by atoms with Gasteiger partial charge >= 0.3 is 0 Å². The molecule has 1 aliphatic heterocycles. The monoisotopic (exact) mass is 383 g/mol. The summed E-state index contributed by atoms with van der Waals surface area (Å²) in [7, 11) is 0. The molecule has 0 spiro atoms.